The number of hydrogen-bond acceptors (Lipinski definition) is 4. The van der Waals surface area contributed by atoms with Gasteiger partial charge < -0.3 is 14.6 Å². The highest BCUT2D eigenvalue weighted by molar-refractivity contribution is 9.10. The van der Waals surface area contributed by atoms with Crippen LogP contribution in [0.25, 0.3) is 11.0 Å². The average molecular weight is 405 g/mol. The van der Waals surface area contributed by atoms with Gasteiger partial charge in [-0.25, -0.2) is 0 Å². The molecule has 0 bridgehead atoms. The lowest BCUT2D eigenvalue weighted by Crippen LogP contribution is -2.24. The van der Waals surface area contributed by atoms with Gasteiger partial charge in [0.25, 0.3) is 11.8 Å². The number of aryl methyl sites for hydroxylation is 1. The second-order valence-electron chi connectivity index (χ2n) is 5.88. The number of carbonyl (C=O) groups is 2. The third kappa shape index (κ3) is 3.17. The number of benzene rings is 1. The summed E-state index contributed by atoms with van der Waals surface area (Å²) in [6.45, 7) is 1.78. The average Bonchev–Trinajstić information content (AvgIpc) is 3.09. The number of halogens is 1. The van der Waals surface area contributed by atoms with E-state index in [0.29, 0.717) is 17.0 Å². The van der Waals surface area contributed by atoms with Crippen LogP contribution < -0.4 is 5.32 Å². The minimum Gasteiger partial charge on any atom is -0.451 e. The van der Waals surface area contributed by atoms with Crippen LogP contribution in [-0.4, -0.2) is 40.6 Å². The monoisotopic (exact) mass is 404 g/mol. The van der Waals surface area contributed by atoms with Crippen LogP contribution in [-0.2, 0) is 7.05 Å². The van der Waals surface area contributed by atoms with Crippen LogP contribution in [0.2, 0.25) is 0 Å². The Hall–Kier alpha value is -2.61. The van der Waals surface area contributed by atoms with Crippen molar-refractivity contribution in [3.8, 4) is 0 Å². The third-order valence-corrected chi connectivity index (χ3v) is 4.38. The Balaban J connectivity index is 1.96. The van der Waals surface area contributed by atoms with Gasteiger partial charge in [0, 0.05) is 31.0 Å². The molecule has 2 amide bonds. The van der Waals surface area contributed by atoms with E-state index in [1.807, 2.05) is 12.1 Å². The van der Waals surface area contributed by atoms with Gasteiger partial charge in [-0.05, 0) is 31.2 Å². The zero-order valence-corrected chi connectivity index (χ0v) is 15.8. The molecule has 0 aliphatic carbocycles. The molecule has 0 saturated heterocycles. The first-order valence-corrected chi connectivity index (χ1v) is 8.33. The van der Waals surface area contributed by atoms with Crippen molar-refractivity contribution in [3.05, 3.63) is 45.9 Å². The number of aromatic nitrogens is 2. The predicted octanol–water partition coefficient (Wildman–Crippen LogP) is 3.19. The molecule has 0 unspecified atom stereocenters. The van der Waals surface area contributed by atoms with Crippen molar-refractivity contribution >= 4 is 44.4 Å². The second kappa shape index (κ2) is 6.36. The van der Waals surface area contributed by atoms with E-state index in [4.69, 9.17) is 4.42 Å². The molecule has 0 aliphatic rings. The Morgan fingerprint density at radius 2 is 2.00 bits per heavy atom. The minimum atomic E-state index is -0.434. The summed E-state index contributed by atoms with van der Waals surface area (Å²) in [7, 11) is 4.99. The molecule has 130 valence electrons. The molecule has 0 atom stereocenters. The summed E-state index contributed by atoms with van der Waals surface area (Å²) in [5, 5.41) is 7.77. The van der Waals surface area contributed by atoms with Gasteiger partial charge in [-0.2, -0.15) is 5.10 Å². The summed E-state index contributed by atoms with van der Waals surface area (Å²) < 4.78 is 8.05. The molecular formula is C17H17BrN4O3. The van der Waals surface area contributed by atoms with Crippen LogP contribution in [0.15, 0.2) is 33.2 Å². The van der Waals surface area contributed by atoms with Crippen molar-refractivity contribution in [3.63, 3.8) is 0 Å². The van der Waals surface area contributed by atoms with Crippen LogP contribution in [0.1, 0.15) is 26.7 Å². The summed E-state index contributed by atoms with van der Waals surface area (Å²) in [5.74, 6) is -0.552. The van der Waals surface area contributed by atoms with Gasteiger partial charge in [0.15, 0.2) is 11.5 Å². The normalized spacial score (nSPS) is 10.9. The summed E-state index contributed by atoms with van der Waals surface area (Å²) in [5.41, 5.74) is 1.86. The fourth-order valence-corrected chi connectivity index (χ4v) is 2.80. The molecule has 2 aromatic heterocycles. The molecular weight excluding hydrogens is 388 g/mol. The quantitative estimate of drug-likeness (QED) is 0.726. The fourth-order valence-electron chi connectivity index (χ4n) is 2.42. The third-order valence-electron chi connectivity index (χ3n) is 3.88. The van der Waals surface area contributed by atoms with Crippen molar-refractivity contribution in [1.29, 1.82) is 0 Å². The van der Waals surface area contributed by atoms with Crippen LogP contribution in [0, 0.1) is 6.92 Å². The first kappa shape index (κ1) is 17.2. The zero-order valence-electron chi connectivity index (χ0n) is 14.3. The predicted molar refractivity (Wildman–Crippen MR) is 97.8 cm³/mol. The number of nitrogens with zero attached hydrogens (tertiary/aromatic N) is 3. The molecule has 7 nitrogen and oxygen atoms in total. The summed E-state index contributed by atoms with van der Waals surface area (Å²) in [6, 6.07) is 7.15. The first-order chi connectivity index (χ1) is 11.8. The van der Waals surface area contributed by atoms with Crippen LogP contribution in [0.4, 0.5) is 5.69 Å². The maximum Gasteiger partial charge on any atom is 0.291 e. The van der Waals surface area contributed by atoms with Crippen molar-refractivity contribution in [2.75, 3.05) is 19.4 Å². The van der Waals surface area contributed by atoms with E-state index in [9.17, 15) is 9.59 Å². The number of amides is 2. The molecule has 8 heteroatoms. The van der Waals surface area contributed by atoms with Gasteiger partial charge in [-0.1, -0.05) is 15.9 Å². The number of carbonyl (C=O) groups excluding carboxylic acids is 2. The Morgan fingerprint density at radius 1 is 1.28 bits per heavy atom. The zero-order chi connectivity index (χ0) is 18.3. The lowest BCUT2D eigenvalue weighted by Gasteiger charge is -2.10. The Kier molecular flexibility index (Phi) is 4.38. The van der Waals surface area contributed by atoms with E-state index in [2.05, 4.69) is 26.3 Å². The van der Waals surface area contributed by atoms with E-state index in [-0.39, 0.29) is 17.4 Å². The SMILES string of the molecule is Cc1c(NC(=O)c2cc3cc(Br)ccc3o2)c(C(=O)N(C)C)nn1C. The first-order valence-electron chi connectivity index (χ1n) is 7.53. The molecule has 0 spiro atoms. The number of rotatable bonds is 3. The van der Waals surface area contributed by atoms with Gasteiger partial charge in [0.05, 0.1) is 11.4 Å². The van der Waals surface area contributed by atoms with Crippen molar-refractivity contribution < 1.29 is 14.0 Å². The topological polar surface area (TPSA) is 80.4 Å². The number of nitrogens with one attached hydrogen (secondary N) is 1. The highest BCUT2D eigenvalue weighted by atomic mass is 79.9. The maximum absolute atomic E-state index is 12.6. The second-order valence-corrected chi connectivity index (χ2v) is 6.79. The van der Waals surface area contributed by atoms with E-state index < -0.39 is 5.91 Å². The molecule has 1 aromatic carbocycles. The van der Waals surface area contributed by atoms with Gasteiger partial charge >= 0.3 is 0 Å². The Labute approximate surface area is 152 Å². The van der Waals surface area contributed by atoms with E-state index >= 15 is 0 Å². The van der Waals surface area contributed by atoms with Gasteiger partial charge in [-0.15, -0.1) is 0 Å². The smallest absolute Gasteiger partial charge is 0.291 e. The van der Waals surface area contributed by atoms with E-state index in [1.54, 1.807) is 44.9 Å². The van der Waals surface area contributed by atoms with Gasteiger partial charge in [0.2, 0.25) is 0 Å². The minimum absolute atomic E-state index is 0.166. The molecule has 1 N–H and O–H groups in total. The molecule has 3 rings (SSSR count). The Bertz CT molecular complexity index is 987. The number of furan rings is 1. The van der Waals surface area contributed by atoms with Crippen molar-refractivity contribution in [1.82, 2.24) is 14.7 Å². The largest absolute Gasteiger partial charge is 0.451 e. The van der Waals surface area contributed by atoms with Crippen molar-refractivity contribution in [2.45, 2.75) is 6.92 Å². The summed E-state index contributed by atoms with van der Waals surface area (Å²) in [4.78, 5) is 26.3. The number of hydrogen-bond donors (Lipinski definition) is 1. The van der Waals surface area contributed by atoms with Gasteiger partial charge in [-0.3, -0.25) is 14.3 Å². The molecule has 3 aromatic rings. The number of fused-ring (bicyclic) bond motifs is 1. The molecule has 0 aliphatic heterocycles. The lowest BCUT2D eigenvalue weighted by atomic mass is 10.2. The van der Waals surface area contributed by atoms with Gasteiger partial charge in [0.1, 0.15) is 5.58 Å². The Morgan fingerprint density at radius 3 is 2.68 bits per heavy atom. The van der Waals surface area contributed by atoms with Crippen LogP contribution in [0.5, 0.6) is 0 Å². The molecule has 0 radical (unpaired) electrons. The van der Waals surface area contributed by atoms with Crippen LogP contribution >= 0.6 is 15.9 Å². The van der Waals surface area contributed by atoms with E-state index in [0.717, 1.165) is 9.86 Å². The standard InChI is InChI=1S/C17H17BrN4O3/c1-9-14(15(20-22(9)4)17(24)21(2)3)19-16(23)13-8-10-7-11(18)5-6-12(10)25-13/h5-8H,1-4H3,(H,19,23). The van der Waals surface area contributed by atoms with Crippen molar-refractivity contribution in [2.24, 2.45) is 7.05 Å². The molecule has 25 heavy (non-hydrogen) atoms. The highest BCUT2D eigenvalue weighted by Gasteiger charge is 2.24. The van der Waals surface area contributed by atoms with Crippen LogP contribution in [0.3, 0.4) is 0 Å². The maximum atomic E-state index is 12.6. The van der Waals surface area contributed by atoms with E-state index in [1.165, 1.54) is 4.90 Å². The summed E-state index contributed by atoms with van der Waals surface area (Å²) in [6.07, 6.45) is 0. The molecule has 2 heterocycles. The number of anilines is 1. The lowest BCUT2D eigenvalue weighted by molar-refractivity contribution is 0.0822. The summed E-state index contributed by atoms with van der Waals surface area (Å²) >= 11 is 3.39. The molecule has 0 fully saturated rings. The highest BCUT2D eigenvalue weighted by Crippen LogP contribution is 2.25. The molecule has 0 saturated carbocycles. The fraction of sp³-hybridized carbons (Fsp3) is 0.235.